The lowest BCUT2D eigenvalue weighted by molar-refractivity contribution is 0.520. The van der Waals surface area contributed by atoms with E-state index in [1.54, 1.807) is 11.8 Å². The Balaban J connectivity index is 2.58. The molecule has 114 valence electrons. The van der Waals surface area contributed by atoms with E-state index in [1.807, 2.05) is 12.3 Å². The monoisotopic (exact) mass is 296 g/mol. The van der Waals surface area contributed by atoms with Crippen molar-refractivity contribution >= 4 is 23.4 Å². The normalized spacial score (nSPS) is 12.5. The molecule has 0 fully saturated rings. The molecule has 1 rings (SSSR count). The second-order valence-corrected chi connectivity index (χ2v) is 6.30. The van der Waals surface area contributed by atoms with E-state index in [0.717, 1.165) is 29.3 Å². The number of rotatable bonds is 9. The molecule has 0 bridgehead atoms. The van der Waals surface area contributed by atoms with E-state index in [0.29, 0.717) is 6.04 Å². The van der Waals surface area contributed by atoms with E-state index in [1.165, 1.54) is 19.3 Å². The first-order valence-electron chi connectivity index (χ1n) is 7.48. The third-order valence-electron chi connectivity index (χ3n) is 3.06. The molecule has 0 saturated heterocycles. The van der Waals surface area contributed by atoms with Crippen molar-refractivity contribution in [3.63, 3.8) is 0 Å². The van der Waals surface area contributed by atoms with Gasteiger partial charge in [0.1, 0.15) is 11.6 Å². The molecule has 0 aliphatic heterocycles. The number of hydrogen-bond acceptors (Lipinski definition) is 5. The fourth-order valence-electron chi connectivity index (χ4n) is 2.02. The van der Waals surface area contributed by atoms with Crippen LogP contribution in [-0.4, -0.2) is 28.8 Å². The summed E-state index contributed by atoms with van der Waals surface area (Å²) in [7, 11) is 0. The highest BCUT2D eigenvalue weighted by molar-refractivity contribution is 7.98. The van der Waals surface area contributed by atoms with E-state index >= 15 is 0 Å². The van der Waals surface area contributed by atoms with Gasteiger partial charge in [0, 0.05) is 18.7 Å². The van der Waals surface area contributed by atoms with Gasteiger partial charge in [-0.2, -0.15) is 0 Å². The number of nitrogens with zero attached hydrogens (tertiary/aromatic N) is 2. The van der Waals surface area contributed by atoms with E-state index in [9.17, 15) is 0 Å². The minimum Gasteiger partial charge on any atom is -0.370 e. The van der Waals surface area contributed by atoms with Crippen LogP contribution in [0.1, 0.15) is 47.0 Å². The molecule has 1 heterocycles. The summed E-state index contributed by atoms with van der Waals surface area (Å²) >= 11 is 1.57. The SMILES string of the molecule is CCNc1cc(NC(C)CCCC(C)C)nc(SC)n1. The van der Waals surface area contributed by atoms with Crippen molar-refractivity contribution in [2.24, 2.45) is 5.92 Å². The summed E-state index contributed by atoms with van der Waals surface area (Å²) in [4.78, 5) is 8.95. The number of nitrogens with one attached hydrogen (secondary N) is 2. The lowest BCUT2D eigenvalue weighted by atomic mass is 10.0. The second kappa shape index (κ2) is 9.06. The number of anilines is 2. The molecule has 1 aromatic rings. The Hall–Kier alpha value is -0.970. The first-order valence-corrected chi connectivity index (χ1v) is 8.71. The van der Waals surface area contributed by atoms with E-state index in [4.69, 9.17) is 0 Å². The molecule has 0 amide bonds. The first-order chi connectivity index (χ1) is 9.55. The molecule has 0 spiro atoms. The van der Waals surface area contributed by atoms with Gasteiger partial charge in [-0.25, -0.2) is 9.97 Å². The largest absolute Gasteiger partial charge is 0.370 e. The van der Waals surface area contributed by atoms with E-state index in [-0.39, 0.29) is 0 Å². The van der Waals surface area contributed by atoms with Gasteiger partial charge in [0.15, 0.2) is 5.16 Å². The van der Waals surface area contributed by atoms with Gasteiger partial charge in [0.25, 0.3) is 0 Å². The zero-order valence-electron chi connectivity index (χ0n) is 13.4. The van der Waals surface area contributed by atoms with Crippen LogP contribution >= 0.6 is 11.8 Å². The van der Waals surface area contributed by atoms with Crippen molar-refractivity contribution in [1.29, 1.82) is 0 Å². The fraction of sp³-hybridized carbons (Fsp3) is 0.733. The molecular formula is C15H28N4S. The van der Waals surface area contributed by atoms with Crippen LogP contribution in [0.15, 0.2) is 11.2 Å². The van der Waals surface area contributed by atoms with Crippen molar-refractivity contribution in [3.8, 4) is 0 Å². The summed E-state index contributed by atoms with van der Waals surface area (Å²) in [5.41, 5.74) is 0. The maximum absolute atomic E-state index is 4.52. The van der Waals surface area contributed by atoms with Crippen molar-refractivity contribution in [2.45, 2.75) is 58.2 Å². The quantitative estimate of drug-likeness (QED) is 0.527. The molecule has 1 atom stereocenters. The summed E-state index contributed by atoms with van der Waals surface area (Å²) in [5, 5.41) is 7.54. The smallest absolute Gasteiger partial charge is 0.191 e. The van der Waals surface area contributed by atoms with Gasteiger partial charge in [-0.3, -0.25) is 0 Å². The van der Waals surface area contributed by atoms with Crippen LogP contribution in [0.3, 0.4) is 0 Å². The Morgan fingerprint density at radius 2 is 1.85 bits per heavy atom. The number of aromatic nitrogens is 2. The highest BCUT2D eigenvalue weighted by Gasteiger charge is 2.07. The Morgan fingerprint density at radius 3 is 2.45 bits per heavy atom. The van der Waals surface area contributed by atoms with E-state index < -0.39 is 0 Å². The van der Waals surface area contributed by atoms with E-state index in [2.05, 4.69) is 48.3 Å². The molecule has 0 aromatic carbocycles. The lowest BCUT2D eigenvalue weighted by Gasteiger charge is -2.16. The number of thioether (sulfide) groups is 1. The van der Waals surface area contributed by atoms with Crippen LogP contribution in [0.2, 0.25) is 0 Å². The first kappa shape index (κ1) is 17.1. The Kier molecular flexibility index (Phi) is 7.73. The molecule has 2 N–H and O–H groups in total. The molecule has 1 aromatic heterocycles. The van der Waals surface area contributed by atoms with Crippen LogP contribution < -0.4 is 10.6 Å². The van der Waals surface area contributed by atoms with Gasteiger partial charge < -0.3 is 10.6 Å². The number of hydrogen-bond donors (Lipinski definition) is 2. The van der Waals surface area contributed by atoms with Crippen molar-refractivity contribution in [3.05, 3.63) is 6.07 Å². The van der Waals surface area contributed by atoms with Crippen LogP contribution in [-0.2, 0) is 0 Å². The minimum absolute atomic E-state index is 0.438. The second-order valence-electron chi connectivity index (χ2n) is 5.53. The highest BCUT2D eigenvalue weighted by atomic mass is 32.2. The molecule has 0 saturated carbocycles. The van der Waals surface area contributed by atoms with Gasteiger partial charge in [0.2, 0.25) is 0 Å². The van der Waals surface area contributed by atoms with Gasteiger partial charge in [0.05, 0.1) is 0 Å². The van der Waals surface area contributed by atoms with Crippen LogP contribution in [0.25, 0.3) is 0 Å². The Morgan fingerprint density at radius 1 is 1.15 bits per heavy atom. The molecule has 0 aliphatic carbocycles. The van der Waals surface area contributed by atoms with Gasteiger partial charge in [-0.1, -0.05) is 38.5 Å². The highest BCUT2D eigenvalue weighted by Crippen LogP contribution is 2.19. The van der Waals surface area contributed by atoms with Crippen LogP contribution in [0.5, 0.6) is 0 Å². The van der Waals surface area contributed by atoms with Gasteiger partial charge >= 0.3 is 0 Å². The average molecular weight is 296 g/mol. The minimum atomic E-state index is 0.438. The molecule has 1 unspecified atom stereocenters. The molecular weight excluding hydrogens is 268 g/mol. The van der Waals surface area contributed by atoms with Crippen molar-refractivity contribution < 1.29 is 0 Å². The predicted octanol–water partition coefficient (Wildman–Crippen LogP) is 4.26. The van der Waals surface area contributed by atoms with Crippen LogP contribution in [0.4, 0.5) is 11.6 Å². The Bertz CT molecular complexity index is 395. The maximum atomic E-state index is 4.52. The standard InChI is InChI=1S/C15H28N4S/c1-6-16-13-10-14(19-15(18-13)20-5)17-12(4)9-7-8-11(2)3/h10-12H,6-9H2,1-5H3,(H2,16,17,18,19). The topological polar surface area (TPSA) is 49.8 Å². The summed E-state index contributed by atoms with van der Waals surface area (Å²) in [6.07, 6.45) is 5.72. The van der Waals surface area contributed by atoms with Gasteiger partial charge in [-0.05, 0) is 32.4 Å². The zero-order valence-corrected chi connectivity index (χ0v) is 14.2. The molecule has 4 nitrogen and oxygen atoms in total. The lowest BCUT2D eigenvalue weighted by Crippen LogP contribution is -2.17. The summed E-state index contributed by atoms with van der Waals surface area (Å²) in [6, 6.07) is 2.43. The summed E-state index contributed by atoms with van der Waals surface area (Å²) in [6.45, 7) is 9.71. The summed E-state index contributed by atoms with van der Waals surface area (Å²) in [5.74, 6) is 2.59. The predicted molar refractivity (Wildman–Crippen MR) is 89.8 cm³/mol. The fourth-order valence-corrected chi connectivity index (χ4v) is 2.40. The third-order valence-corrected chi connectivity index (χ3v) is 3.61. The van der Waals surface area contributed by atoms with Gasteiger partial charge in [-0.15, -0.1) is 0 Å². The Labute approximate surface area is 127 Å². The maximum Gasteiger partial charge on any atom is 0.191 e. The molecule has 5 heteroatoms. The average Bonchev–Trinajstić information content (AvgIpc) is 2.38. The summed E-state index contributed by atoms with van der Waals surface area (Å²) < 4.78 is 0. The zero-order chi connectivity index (χ0) is 15.0. The molecule has 20 heavy (non-hydrogen) atoms. The molecule has 0 aliphatic rings. The molecule has 0 radical (unpaired) electrons. The third kappa shape index (κ3) is 6.46. The van der Waals surface area contributed by atoms with Crippen molar-refractivity contribution in [1.82, 2.24) is 9.97 Å². The van der Waals surface area contributed by atoms with Crippen LogP contribution in [0, 0.1) is 5.92 Å². The van der Waals surface area contributed by atoms with Crippen molar-refractivity contribution in [2.75, 3.05) is 23.4 Å².